The molecule has 6 heteroatoms. The second kappa shape index (κ2) is 6.40. The molecule has 0 amide bonds. The molecular formula is C20H18N6. The van der Waals surface area contributed by atoms with Gasteiger partial charge in [0.05, 0.1) is 16.6 Å². The lowest BCUT2D eigenvalue weighted by Crippen LogP contribution is -2.08. The third-order valence-corrected chi connectivity index (χ3v) is 4.24. The molecule has 3 aromatic heterocycles. The molecule has 128 valence electrons. The number of hydrogen-bond donors (Lipinski definition) is 1. The number of benzene rings is 1. The quantitative estimate of drug-likeness (QED) is 0.614. The van der Waals surface area contributed by atoms with E-state index in [9.17, 15) is 0 Å². The second-order valence-electron chi connectivity index (χ2n) is 6.16. The highest BCUT2D eigenvalue weighted by Crippen LogP contribution is 2.31. The van der Waals surface area contributed by atoms with Gasteiger partial charge < -0.3 is 10.6 Å². The van der Waals surface area contributed by atoms with Crippen molar-refractivity contribution >= 4 is 22.4 Å². The predicted octanol–water partition coefficient (Wildman–Crippen LogP) is 3.40. The number of hydrogen-bond acceptors (Lipinski definition) is 6. The topological polar surface area (TPSA) is 80.8 Å². The number of nitrogens with two attached hydrogens (primary N) is 1. The zero-order valence-electron chi connectivity index (χ0n) is 14.6. The zero-order valence-corrected chi connectivity index (χ0v) is 14.6. The van der Waals surface area contributed by atoms with Gasteiger partial charge in [-0.15, -0.1) is 0 Å². The van der Waals surface area contributed by atoms with E-state index in [1.165, 1.54) is 0 Å². The highest BCUT2D eigenvalue weighted by molar-refractivity contribution is 6.01. The van der Waals surface area contributed by atoms with Gasteiger partial charge in [0.1, 0.15) is 5.82 Å². The molecular weight excluding hydrogens is 324 g/mol. The lowest BCUT2D eigenvalue weighted by Gasteiger charge is -2.13. The maximum Gasteiger partial charge on any atom is 0.159 e. The van der Waals surface area contributed by atoms with Gasteiger partial charge in [0.25, 0.3) is 0 Å². The minimum atomic E-state index is 0.421. The predicted molar refractivity (Wildman–Crippen MR) is 105 cm³/mol. The van der Waals surface area contributed by atoms with E-state index in [0.29, 0.717) is 11.6 Å². The summed E-state index contributed by atoms with van der Waals surface area (Å²) in [6.07, 6.45) is 5.16. The molecule has 0 aliphatic heterocycles. The molecule has 0 unspecified atom stereocenters. The van der Waals surface area contributed by atoms with Crippen LogP contribution in [-0.4, -0.2) is 34.0 Å². The second-order valence-corrected chi connectivity index (χ2v) is 6.16. The first-order chi connectivity index (χ1) is 12.6. The van der Waals surface area contributed by atoms with E-state index in [1.54, 1.807) is 24.7 Å². The Morgan fingerprint density at radius 1 is 0.885 bits per heavy atom. The van der Waals surface area contributed by atoms with E-state index < -0.39 is 0 Å². The fraction of sp³-hybridized carbons (Fsp3) is 0.100. The van der Waals surface area contributed by atoms with E-state index in [-0.39, 0.29) is 0 Å². The molecule has 0 radical (unpaired) electrons. The molecule has 0 bridgehead atoms. The number of pyridine rings is 2. The number of aromatic nitrogens is 4. The van der Waals surface area contributed by atoms with Crippen LogP contribution in [0.2, 0.25) is 0 Å². The molecule has 0 aliphatic carbocycles. The third-order valence-electron chi connectivity index (χ3n) is 4.24. The molecule has 2 N–H and O–H groups in total. The van der Waals surface area contributed by atoms with Crippen molar-refractivity contribution in [2.45, 2.75) is 0 Å². The number of nitrogens with zero attached hydrogens (tertiary/aromatic N) is 5. The van der Waals surface area contributed by atoms with Gasteiger partial charge >= 0.3 is 0 Å². The molecule has 0 spiro atoms. The minimum Gasteiger partial charge on any atom is -0.383 e. The molecule has 0 fully saturated rings. The summed E-state index contributed by atoms with van der Waals surface area (Å²) < 4.78 is 0. The van der Waals surface area contributed by atoms with Crippen molar-refractivity contribution in [3.8, 4) is 22.6 Å². The van der Waals surface area contributed by atoms with Crippen LogP contribution >= 0.6 is 0 Å². The van der Waals surface area contributed by atoms with Gasteiger partial charge in [0.15, 0.2) is 5.82 Å². The number of anilines is 2. The van der Waals surface area contributed by atoms with Crippen molar-refractivity contribution in [2.75, 3.05) is 24.7 Å². The summed E-state index contributed by atoms with van der Waals surface area (Å²) in [6, 6.07) is 13.8. The Morgan fingerprint density at radius 2 is 1.62 bits per heavy atom. The average Bonchev–Trinajstić information content (AvgIpc) is 2.68. The van der Waals surface area contributed by atoms with Crippen molar-refractivity contribution in [1.29, 1.82) is 0 Å². The van der Waals surface area contributed by atoms with Gasteiger partial charge in [-0.25, -0.2) is 15.0 Å². The Labute approximate surface area is 151 Å². The van der Waals surface area contributed by atoms with Gasteiger partial charge in [-0.2, -0.15) is 0 Å². The lowest BCUT2D eigenvalue weighted by molar-refractivity contribution is 1.13. The highest BCUT2D eigenvalue weighted by atomic mass is 15.1. The summed E-state index contributed by atoms with van der Waals surface area (Å²) in [5.74, 6) is 1.03. The van der Waals surface area contributed by atoms with Crippen LogP contribution in [0, 0.1) is 0 Å². The fourth-order valence-electron chi connectivity index (χ4n) is 2.91. The number of fused-ring (bicyclic) bond motifs is 1. The van der Waals surface area contributed by atoms with Crippen molar-refractivity contribution in [1.82, 2.24) is 19.9 Å². The van der Waals surface area contributed by atoms with Crippen LogP contribution < -0.4 is 10.6 Å². The van der Waals surface area contributed by atoms with Crippen molar-refractivity contribution in [3.63, 3.8) is 0 Å². The van der Waals surface area contributed by atoms with Crippen LogP contribution in [-0.2, 0) is 0 Å². The molecule has 3 heterocycles. The van der Waals surface area contributed by atoms with E-state index >= 15 is 0 Å². The monoisotopic (exact) mass is 342 g/mol. The molecule has 4 rings (SSSR count). The Kier molecular flexibility index (Phi) is 3.93. The summed E-state index contributed by atoms with van der Waals surface area (Å²) in [4.78, 5) is 19.8. The van der Waals surface area contributed by atoms with Crippen LogP contribution in [0.4, 0.5) is 11.5 Å². The first kappa shape index (κ1) is 16.0. The van der Waals surface area contributed by atoms with Crippen molar-refractivity contribution in [3.05, 3.63) is 61.1 Å². The number of nitrogen functional groups attached to an aromatic ring is 1. The summed E-state index contributed by atoms with van der Waals surface area (Å²) in [7, 11) is 4.02. The maximum absolute atomic E-state index is 6.30. The molecule has 26 heavy (non-hydrogen) atoms. The smallest absolute Gasteiger partial charge is 0.159 e. The molecule has 0 aliphatic rings. The van der Waals surface area contributed by atoms with Crippen LogP contribution in [0.25, 0.3) is 33.5 Å². The summed E-state index contributed by atoms with van der Waals surface area (Å²) in [6.45, 7) is 0. The maximum atomic E-state index is 6.30. The molecule has 0 atom stereocenters. The lowest BCUT2D eigenvalue weighted by atomic mass is 10.1. The molecule has 1 aromatic carbocycles. The summed E-state index contributed by atoms with van der Waals surface area (Å²) >= 11 is 0. The summed E-state index contributed by atoms with van der Waals surface area (Å²) in [5.41, 5.74) is 10.8. The highest BCUT2D eigenvalue weighted by Gasteiger charge is 2.13. The normalized spacial score (nSPS) is 10.8. The van der Waals surface area contributed by atoms with Crippen LogP contribution in [0.3, 0.4) is 0 Å². The van der Waals surface area contributed by atoms with Crippen LogP contribution in [0.1, 0.15) is 0 Å². The molecule has 0 saturated carbocycles. The average molecular weight is 342 g/mol. The molecule has 0 saturated heterocycles. The van der Waals surface area contributed by atoms with Gasteiger partial charge in [-0.3, -0.25) is 4.98 Å². The molecule has 4 aromatic rings. The third kappa shape index (κ3) is 2.82. The minimum absolute atomic E-state index is 0.421. The van der Waals surface area contributed by atoms with Gasteiger partial charge in [-0.05, 0) is 30.3 Å². The molecule has 6 nitrogen and oxygen atoms in total. The summed E-state index contributed by atoms with van der Waals surface area (Å²) in [5, 5.41) is 0.771. The van der Waals surface area contributed by atoms with E-state index in [0.717, 1.165) is 33.4 Å². The zero-order chi connectivity index (χ0) is 18.1. The Bertz CT molecular complexity index is 1060. The SMILES string of the molecule is CN(C)c1ccc(-c2cc3nccc(-c4ncccn4)c3c(N)n2)cc1. The Balaban J connectivity index is 1.85. The van der Waals surface area contributed by atoms with Gasteiger partial charge in [0, 0.05) is 49.5 Å². The Hall–Kier alpha value is -3.54. The van der Waals surface area contributed by atoms with E-state index in [2.05, 4.69) is 37.0 Å². The standard InChI is InChI=1S/C20H18N6/c1-26(2)14-6-4-13(5-7-14)16-12-17-18(19(21)25-16)15(8-11-22-17)20-23-9-3-10-24-20/h3-12H,1-2H3,(H2,21,25). The fourth-order valence-corrected chi connectivity index (χ4v) is 2.91. The largest absolute Gasteiger partial charge is 0.383 e. The van der Waals surface area contributed by atoms with Crippen LogP contribution in [0.5, 0.6) is 0 Å². The van der Waals surface area contributed by atoms with Crippen molar-refractivity contribution < 1.29 is 0 Å². The van der Waals surface area contributed by atoms with E-state index in [1.807, 2.05) is 38.4 Å². The number of rotatable bonds is 3. The van der Waals surface area contributed by atoms with Gasteiger partial charge in [-0.1, -0.05) is 12.1 Å². The van der Waals surface area contributed by atoms with Crippen LogP contribution in [0.15, 0.2) is 61.1 Å². The van der Waals surface area contributed by atoms with Gasteiger partial charge in [0.2, 0.25) is 0 Å². The first-order valence-electron chi connectivity index (χ1n) is 8.24. The van der Waals surface area contributed by atoms with E-state index in [4.69, 9.17) is 5.73 Å². The van der Waals surface area contributed by atoms with Crippen molar-refractivity contribution in [2.24, 2.45) is 0 Å². The first-order valence-corrected chi connectivity index (χ1v) is 8.24. The Morgan fingerprint density at radius 3 is 2.31 bits per heavy atom.